The van der Waals surface area contributed by atoms with Gasteiger partial charge in [-0.15, -0.1) is 23.5 Å². The van der Waals surface area contributed by atoms with Gasteiger partial charge in [0.25, 0.3) is 0 Å². The number of thioether (sulfide) groups is 2. The van der Waals surface area contributed by atoms with Gasteiger partial charge in [0.1, 0.15) is 5.76 Å². The Balaban J connectivity index is 3.51. The summed E-state index contributed by atoms with van der Waals surface area (Å²) >= 11 is 3.76. The Bertz CT molecular complexity index is 561. The summed E-state index contributed by atoms with van der Waals surface area (Å²) in [6, 6.07) is 0. The first kappa shape index (κ1) is 22.6. The molecule has 0 atom stereocenters. The summed E-state index contributed by atoms with van der Waals surface area (Å²) in [5, 5.41) is 0. The molecule has 0 aromatic rings. The number of hydrogen-bond donors (Lipinski definition) is 0. The van der Waals surface area contributed by atoms with Crippen molar-refractivity contribution in [3.63, 3.8) is 0 Å². The Morgan fingerprint density at radius 3 is 2.20 bits per heavy atom. The Hall–Kier alpha value is -0.443. The molecule has 0 unspecified atom stereocenters. The third-order valence-corrected chi connectivity index (χ3v) is 6.90. The summed E-state index contributed by atoms with van der Waals surface area (Å²) < 4.78 is 13.6. The summed E-state index contributed by atoms with van der Waals surface area (Å²) in [6.45, 7) is 15.5. The quantitative estimate of drug-likeness (QED) is 0.216. The van der Waals surface area contributed by atoms with E-state index in [1.54, 1.807) is 7.11 Å². The smallest absolute Gasteiger partial charge is 0.243 e. The van der Waals surface area contributed by atoms with E-state index in [0.29, 0.717) is 0 Å². The van der Waals surface area contributed by atoms with Gasteiger partial charge in [-0.25, -0.2) is 0 Å². The first-order valence-electron chi connectivity index (χ1n) is 9.07. The SMILES string of the molecule is CCCCC#C/C(O[Si](C)(C)C)=C(\C(OC)=C1SCCS1)C(C)(C)C. The molecule has 5 heteroatoms. The van der Waals surface area contributed by atoms with Gasteiger partial charge < -0.3 is 9.16 Å². The lowest BCUT2D eigenvalue weighted by atomic mass is 9.84. The summed E-state index contributed by atoms with van der Waals surface area (Å²) in [4.78, 5) is 0. The van der Waals surface area contributed by atoms with Crippen LogP contribution in [0.1, 0.15) is 47.0 Å². The summed E-state index contributed by atoms with van der Waals surface area (Å²) in [6.07, 6.45) is 3.20. The van der Waals surface area contributed by atoms with Crippen LogP contribution in [0.2, 0.25) is 19.6 Å². The van der Waals surface area contributed by atoms with Gasteiger partial charge in [0.05, 0.1) is 16.9 Å². The highest BCUT2D eigenvalue weighted by Crippen LogP contribution is 2.45. The van der Waals surface area contributed by atoms with Crippen LogP contribution in [-0.2, 0) is 9.16 Å². The fraction of sp³-hybridized carbons (Fsp3) is 0.700. The summed E-state index contributed by atoms with van der Waals surface area (Å²) in [5.41, 5.74) is 1.01. The van der Waals surface area contributed by atoms with E-state index in [4.69, 9.17) is 9.16 Å². The molecule has 1 heterocycles. The summed E-state index contributed by atoms with van der Waals surface area (Å²) in [5.74, 6) is 10.7. The molecule has 0 aromatic heterocycles. The van der Waals surface area contributed by atoms with Crippen molar-refractivity contribution >= 4 is 31.8 Å². The van der Waals surface area contributed by atoms with E-state index >= 15 is 0 Å². The first-order chi connectivity index (χ1) is 11.6. The fourth-order valence-electron chi connectivity index (χ4n) is 2.37. The second-order valence-corrected chi connectivity index (χ2v) is 15.0. The van der Waals surface area contributed by atoms with Crippen molar-refractivity contribution < 1.29 is 9.16 Å². The van der Waals surface area contributed by atoms with Crippen molar-refractivity contribution in [2.24, 2.45) is 5.41 Å². The van der Waals surface area contributed by atoms with Crippen molar-refractivity contribution in [2.75, 3.05) is 18.6 Å². The Kier molecular flexibility index (Phi) is 9.07. The van der Waals surface area contributed by atoms with E-state index in [1.165, 1.54) is 4.24 Å². The molecule has 1 fully saturated rings. The minimum absolute atomic E-state index is 0.101. The van der Waals surface area contributed by atoms with Crippen LogP contribution in [0, 0.1) is 17.3 Å². The molecule has 0 amide bonds. The zero-order chi connectivity index (χ0) is 19.1. The standard InChI is InChI=1S/C20H34O2S2Si/c1-9-10-11-12-13-16(22-25(6,7)8)17(20(2,3)4)18(21-5)19-23-14-15-24-19/h9-11,14-15H2,1-8H3/b17-16-. The van der Waals surface area contributed by atoms with E-state index in [1.807, 2.05) is 23.5 Å². The highest BCUT2D eigenvalue weighted by atomic mass is 32.2. The molecule has 1 aliphatic rings. The lowest BCUT2D eigenvalue weighted by molar-refractivity contribution is 0.274. The van der Waals surface area contributed by atoms with Gasteiger partial charge in [-0.2, -0.15) is 0 Å². The second-order valence-electron chi connectivity index (χ2n) is 8.09. The molecule has 25 heavy (non-hydrogen) atoms. The Labute approximate surface area is 164 Å². The van der Waals surface area contributed by atoms with Crippen LogP contribution in [0.5, 0.6) is 0 Å². The molecule has 0 aromatic carbocycles. The van der Waals surface area contributed by atoms with Crippen molar-refractivity contribution in [3.05, 3.63) is 21.3 Å². The molecule has 0 bridgehead atoms. The van der Waals surface area contributed by atoms with Crippen LogP contribution in [0.3, 0.4) is 0 Å². The normalized spacial score (nSPS) is 16.1. The third-order valence-electron chi connectivity index (χ3n) is 3.41. The van der Waals surface area contributed by atoms with Crippen LogP contribution in [0.4, 0.5) is 0 Å². The van der Waals surface area contributed by atoms with Crippen LogP contribution in [0.15, 0.2) is 21.3 Å². The van der Waals surface area contributed by atoms with E-state index < -0.39 is 8.32 Å². The second kappa shape index (κ2) is 10.0. The number of unbranched alkanes of at least 4 members (excludes halogenated alkanes) is 2. The molecule has 142 valence electrons. The Morgan fingerprint density at radius 1 is 1.16 bits per heavy atom. The molecule has 0 aliphatic carbocycles. The number of methoxy groups -OCH3 is 1. The van der Waals surface area contributed by atoms with Crippen molar-refractivity contribution in [1.82, 2.24) is 0 Å². The minimum Gasteiger partial charge on any atom is -0.538 e. The highest BCUT2D eigenvalue weighted by Gasteiger charge is 2.32. The number of ether oxygens (including phenoxy) is 1. The molecule has 0 saturated carbocycles. The first-order valence-corrected chi connectivity index (χ1v) is 14.4. The number of hydrogen-bond acceptors (Lipinski definition) is 4. The molecular formula is C20H34O2S2Si. The van der Waals surface area contributed by atoms with Gasteiger partial charge in [-0.1, -0.05) is 40.0 Å². The van der Waals surface area contributed by atoms with Crippen LogP contribution in [-0.4, -0.2) is 26.9 Å². The average molecular weight is 399 g/mol. The largest absolute Gasteiger partial charge is 0.538 e. The van der Waals surface area contributed by atoms with Crippen LogP contribution in [0.25, 0.3) is 0 Å². The topological polar surface area (TPSA) is 18.5 Å². The van der Waals surface area contributed by atoms with Crippen molar-refractivity contribution in [3.8, 4) is 11.8 Å². The monoisotopic (exact) mass is 398 g/mol. The molecule has 0 spiro atoms. The maximum atomic E-state index is 6.46. The van der Waals surface area contributed by atoms with E-state index in [0.717, 1.165) is 47.9 Å². The van der Waals surface area contributed by atoms with E-state index in [9.17, 15) is 0 Å². The average Bonchev–Trinajstić information content (AvgIpc) is 2.99. The summed E-state index contributed by atoms with van der Waals surface area (Å²) in [7, 11) is -0.0126. The fourth-order valence-corrected chi connectivity index (χ4v) is 5.64. The molecule has 2 nitrogen and oxygen atoms in total. The van der Waals surface area contributed by atoms with Gasteiger partial charge in [0.15, 0.2) is 5.76 Å². The zero-order valence-corrected chi connectivity index (χ0v) is 19.8. The molecule has 0 radical (unpaired) electrons. The highest BCUT2D eigenvalue weighted by molar-refractivity contribution is 8.25. The van der Waals surface area contributed by atoms with Gasteiger partial charge in [0.2, 0.25) is 8.32 Å². The lowest BCUT2D eigenvalue weighted by Crippen LogP contribution is -2.27. The van der Waals surface area contributed by atoms with Crippen LogP contribution >= 0.6 is 23.5 Å². The van der Waals surface area contributed by atoms with Gasteiger partial charge in [-0.05, 0) is 37.4 Å². The zero-order valence-electron chi connectivity index (χ0n) is 17.2. The van der Waals surface area contributed by atoms with E-state index in [-0.39, 0.29) is 5.41 Å². The van der Waals surface area contributed by atoms with Gasteiger partial charge >= 0.3 is 0 Å². The maximum Gasteiger partial charge on any atom is 0.243 e. The molecule has 1 saturated heterocycles. The van der Waals surface area contributed by atoms with Crippen molar-refractivity contribution in [2.45, 2.75) is 66.6 Å². The molecule has 0 N–H and O–H groups in total. The third kappa shape index (κ3) is 7.76. The lowest BCUT2D eigenvalue weighted by Gasteiger charge is -2.30. The minimum atomic E-state index is -1.78. The maximum absolute atomic E-state index is 6.46. The predicted molar refractivity (Wildman–Crippen MR) is 117 cm³/mol. The Morgan fingerprint density at radius 2 is 1.76 bits per heavy atom. The molecule has 1 aliphatic heterocycles. The van der Waals surface area contributed by atoms with Gasteiger partial charge in [0, 0.05) is 17.9 Å². The van der Waals surface area contributed by atoms with Gasteiger partial charge in [-0.3, -0.25) is 0 Å². The van der Waals surface area contributed by atoms with Crippen LogP contribution < -0.4 is 0 Å². The number of rotatable bonds is 6. The van der Waals surface area contributed by atoms with E-state index in [2.05, 4.69) is 59.2 Å². The molecular weight excluding hydrogens is 364 g/mol. The predicted octanol–water partition coefficient (Wildman–Crippen LogP) is 6.63. The molecule has 1 rings (SSSR count). The number of allylic oxidation sites excluding steroid dienone is 2. The van der Waals surface area contributed by atoms with Crippen molar-refractivity contribution in [1.29, 1.82) is 0 Å².